The van der Waals surface area contributed by atoms with Crippen LogP contribution in [0.15, 0.2) is 17.3 Å². The minimum atomic E-state index is 0.532. The normalized spacial score (nSPS) is 25.2. The lowest BCUT2D eigenvalue weighted by atomic mass is 10.1. The van der Waals surface area contributed by atoms with Crippen LogP contribution in [0, 0.1) is 5.92 Å². The summed E-state index contributed by atoms with van der Waals surface area (Å²) < 4.78 is 0. The summed E-state index contributed by atoms with van der Waals surface area (Å²) >= 11 is 0. The van der Waals surface area contributed by atoms with Crippen LogP contribution in [-0.2, 0) is 0 Å². The molecule has 0 aromatic carbocycles. The molecule has 1 heterocycles. The summed E-state index contributed by atoms with van der Waals surface area (Å²) in [4.78, 5) is 0. The van der Waals surface area contributed by atoms with Gasteiger partial charge in [0.2, 0.25) is 0 Å². The van der Waals surface area contributed by atoms with E-state index in [1.807, 2.05) is 6.21 Å². The van der Waals surface area contributed by atoms with E-state index in [-0.39, 0.29) is 0 Å². The second-order valence-corrected chi connectivity index (χ2v) is 2.14. The smallest absolute Gasteiger partial charge is 0.0442 e. The number of nitrogens with zero attached hydrogens (tertiary/aromatic N) is 1. The molecule has 0 bridgehead atoms. The maximum absolute atomic E-state index is 3.89. The van der Waals surface area contributed by atoms with Crippen molar-refractivity contribution in [1.82, 2.24) is 5.43 Å². The Morgan fingerprint density at radius 2 is 2.78 bits per heavy atom. The minimum Gasteiger partial charge on any atom is -0.309 e. The van der Waals surface area contributed by atoms with E-state index in [0.29, 0.717) is 5.92 Å². The highest BCUT2D eigenvalue weighted by Crippen LogP contribution is 1.98. The van der Waals surface area contributed by atoms with Gasteiger partial charge in [-0.15, -0.1) is 0 Å². The number of hydrazone groups is 1. The highest BCUT2D eigenvalue weighted by Gasteiger charge is 2.03. The summed E-state index contributed by atoms with van der Waals surface area (Å²) in [6, 6.07) is 0. The standard InChI is InChI=1S/C7H12N2/c1-2-3-4-7-5-8-9-6-7/h3-5,7,9H,2,6H2,1H3/b4-3-. The van der Waals surface area contributed by atoms with Gasteiger partial charge in [-0.2, -0.15) is 5.10 Å². The Hall–Kier alpha value is -0.790. The van der Waals surface area contributed by atoms with Crippen LogP contribution in [-0.4, -0.2) is 12.8 Å². The fraction of sp³-hybridized carbons (Fsp3) is 0.571. The zero-order valence-electron chi connectivity index (χ0n) is 5.67. The summed E-state index contributed by atoms with van der Waals surface area (Å²) in [5.41, 5.74) is 2.90. The molecule has 0 saturated carbocycles. The fourth-order valence-electron chi connectivity index (χ4n) is 0.788. The van der Waals surface area contributed by atoms with Crippen molar-refractivity contribution in [3.05, 3.63) is 12.2 Å². The molecule has 0 aromatic heterocycles. The third-order valence-corrected chi connectivity index (χ3v) is 1.30. The van der Waals surface area contributed by atoms with Gasteiger partial charge in [0, 0.05) is 18.7 Å². The molecule has 0 fully saturated rings. The molecule has 0 spiro atoms. The first-order chi connectivity index (χ1) is 4.43. The Labute approximate surface area is 55.6 Å². The van der Waals surface area contributed by atoms with E-state index in [0.717, 1.165) is 13.0 Å². The van der Waals surface area contributed by atoms with Crippen LogP contribution in [0.5, 0.6) is 0 Å². The van der Waals surface area contributed by atoms with Crippen molar-refractivity contribution in [2.24, 2.45) is 11.0 Å². The van der Waals surface area contributed by atoms with Gasteiger partial charge in [0.25, 0.3) is 0 Å². The van der Waals surface area contributed by atoms with Gasteiger partial charge in [0.15, 0.2) is 0 Å². The fourth-order valence-corrected chi connectivity index (χ4v) is 0.788. The van der Waals surface area contributed by atoms with Crippen molar-refractivity contribution in [3.8, 4) is 0 Å². The maximum Gasteiger partial charge on any atom is 0.0442 e. The molecule has 2 heteroatoms. The highest BCUT2D eigenvalue weighted by molar-refractivity contribution is 5.64. The third kappa shape index (κ3) is 1.88. The zero-order valence-corrected chi connectivity index (χ0v) is 5.67. The predicted molar refractivity (Wildman–Crippen MR) is 39.4 cm³/mol. The molecule has 0 amide bonds. The molecule has 2 nitrogen and oxygen atoms in total. The number of rotatable bonds is 2. The lowest BCUT2D eigenvalue weighted by Gasteiger charge is -1.93. The monoisotopic (exact) mass is 124 g/mol. The first-order valence-electron chi connectivity index (χ1n) is 3.36. The van der Waals surface area contributed by atoms with Gasteiger partial charge in [0.05, 0.1) is 0 Å². The Bertz CT molecular complexity index is 127. The molecule has 1 N–H and O–H groups in total. The lowest BCUT2D eigenvalue weighted by Crippen LogP contribution is -2.06. The molecule has 9 heavy (non-hydrogen) atoms. The summed E-state index contributed by atoms with van der Waals surface area (Å²) in [5.74, 6) is 0.532. The molecule has 1 rings (SSSR count). The first kappa shape index (κ1) is 6.33. The average molecular weight is 124 g/mol. The third-order valence-electron chi connectivity index (χ3n) is 1.30. The zero-order chi connectivity index (χ0) is 6.53. The van der Waals surface area contributed by atoms with Crippen LogP contribution in [0.1, 0.15) is 13.3 Å². The van der Waals surface area contributed by atoms with Gasteiger partial charge in [-0.05, 0) is 6.42 Å². The molecular formula is C7H12N2. The summed E-state index contributed by atoms with van der Waals surface area (Å²) in [7, 11) is 0. The van der Waals surface area contributed by atoms with Gasteiger partial charge in [0.1, 0.15) is 0 Å². The van der Waals surface area contributed by atoms with Crippen LogP contribution >= 0.6 is 0 Å². The van der Waals surface area contributed by atoms with E-state index in [4.69, 9.17) is 0 Å². The van der Waals surface area contributed by atoms with Crippen LogP contribution in [0.4, 0.5) is 0 Å². The summed E-state index contributed by atoms with van der Waals surface area (Å²) in [6.45, 7) is 3.10. The Kier molecular flexibility index (Phi) is 2.31. The summed E-state index contributed by atoms with van der Waals surface area (Å²) in [5, 5.41) is 3.89. The van der Waals surface area contributed by atoms with Crippen molar-refractivity contribution in [1.29, 1.82) is 0 Å². The molecule has 1 aliphatic rings. The van der Waals surface area contributed by atoms with Gasteiger partial charge in [-0.3, -0.25) is 0 Å². The van der Waals surface area contributed by atoms with E-state index < -0.39 is 0 Å². The van der Waals surface area contributed by atoms with Crippen LogP contribution in [0.3, 0.4) is 0 Å². The number of hydrogen-bond acceptors (Lipinski definition) is 2. The number of nitrogens with one attached hydrogen (secondary N) is 1. The quantitative estimate of drug-likeness (QED) is 0.549. The van der Waals surface area contributed by atoms with Crippen LogP contribution < -0.4 is 5.43 Å². The van der Waals surface area contributed by atoms with Gasteiger partial charge in [-0.25, -0.2) is 0 Å². The van der Waals surface area contributed by atoms with Crippen molar-refractivity contribution in [2.45, 2.75) is 13.3 Å². The Morgan fingerprint density at radius 3 is 3.33 bits per heavy atom. The van der Waals surface area contributed by atoms with E-state index in [9.17, 15) is 0 Å². The molecule has 1 unspecified atom stereocenters. The maximum atomic E-state index is 3.89. The average Bonchev–Trinajstić information content (AvgIpc) is 2.34. The Balaban J connectivity index is 2.27. The van der Waals surface area contributed by atoms with E-state index in [1.165, 1.54) is 0 Å². The molecule has 0 radical (unpaired) electrons. The van der Waals surface area contributed by atoms with E-state index >= 15 is 0 Å². The molecule has 0 aliphatic carbocycles. The van der Waals surface area contributed by atoms with E-state index in [2.05, 4.69) is 29.6 Å². The number of allylic oxidation sites excluding steroid dienone is 1. The second kappa shape index (κ2) is 3.28. The van der Waals surface area contributed by atoms with Crippen molar-refractivity contribution in [3.63, 3.8) is 0 Å². The number of hydrogen-bond donors (Lipinski definition) is 1. The predicted octanol–water partition coefficient (Wildman–Crippen LogP) is 1.16. The van der Waals surface area contributed by atoms with E-state index in [1.54, 1.807) is 0 Å². The second-order valence-electron chi connectivity index (χ2n) is 2.14. The first-order valence-corrected chi connectivity index (χ1v) is 3.36. The molecular weight excluding hydrogens is 112 g/mol. The largest absolute Gasteiger partial charge is 0.309 e. The SMILES string of the molecule is CC/C=C\C1C=NNC1. The lowest BCUT2D eigenvalue weighted by molar-refractivity contribution is 0.748. The van der Waals surface area contributed by atoms with Gasteiger partial charge in [-0.1, -0.05) is 19.1 Å². The van der Waals surface area contributed by atoms with Crippen LogP contribution in [0.25, 0.3) is 0 Å². The topological polar surface area (TPSA) is 24.4 Å². The molecule has 1 aliphatic heterocycles. The minimum absolute atomic E-state index is 0.532. The molecule has 0 aromatic rings. The van der Waals surface area contributed by atoms with Crippen molar-refractivity contribution in [2.75, 3.05) is 6.54 Å². The molecule has 50 valence electrons. The summed E-state index contributed by atoms with van der Waals surface area (Å²) in [6.07, 6.45) is 7.41. The van der Waals surface area contributed by atoms with Gasteiger partial charge < -0.3 is 5.43 Å². The Morgan fingerprint density at radius 1 is 1.89 bits per heavy atom. The molecule has 1 atom stereocenters. The van der Waals surface area contributed by atoms with Crippen molar-refractivity contribution < 1.29 is 0 Å². The van der Waals surface area contributed by atoms with Gasteiger partial charge >= 0.3 is 0 Å². The molecule has 0 saturated heterocycles. The van der Waals surface area contributed by atoms with Crippen molar-refractivity contribution >= 4 is 6.21 Å². The highest BCUT2D eigenvalue weighted by atomic mass is 15.3. The van der Waals surface area contributed by atoms with Crippen LogP contribution in [0.2, 0.25) is 0 Å².